The summed E-state index contributed by atoms with van der Waals surface area (Å²) >= 11 is 0. The Bertz CT molecular complexity index is 182. The SMILES string of the molecule is COCCNCC(C)NCC1(C)CCCO1. The van der Waals surface area contributed by atoms with Crippen LogP contribution in [0.1, 0.15) is 26.7 Å². The van der Waals surface area contributed by atoms with Crippen molar-refractivity contribution in [3.63, 3.8) is 0 Å². The molecule has 0 aromatic heterocycles. The summed E-state index contributed by atoms with van der Waals surface area (Å²) in [6, 6.07) is 0.470. The molecule has 1 aliphatic rings. The van der Waals surface area contributed by atoms with Crippen molar-refractivity contribution in [1.29, 1.82) is 0 Å². The molecule has 1 fully saturated rings. The lowest BCUT2D eigenvalue weighted by Crippen LogP contribution is -2.45. The van der Waals surface area contributed by atoms with Crippen LogP contribution in [0.3, 0.4) is 0 Å². The molecule has 4 nitrogen and oxygen atoms in total. The van der Waals surface area contributed by atoms with Crippen LogP contribution < -0.4 is 10.6 Å². The normalized spacial score (nSPS) is 27.2. The van der Waals surface area contributed by atoms with Gasteiger partial charge in [0.25, 0.3) is 0 Å². The average Bonchev–Trinajstić information content (AvgIpc) is 2.70. The zero-order chi connectivity index (χ0) is 11.9. The van der Waals surface area contributed by atoms with Gasteiger partial charge in [0.2, 0.25) is 0 Å². The van der Waals surface area contributed by atoms with Gasteiger partial charge in [-0.3, -0.25) is 0 Å². The third kappa shape index (κ3) is 5.25. The minimum atomic E-state index is 0.0563. The molecule has 0 radical (unpaired) electrons. The first-order valence-corrected chi connectivity index (χ1v) is 6.23. The van der Waals surface area contributed by atoms with E-state index in [0.717, 1.165) is 32.8 Å². The van der Waals surface area contributed by atoms with Crippen LogP contribution in [0, 0.1) is 0 Å². The van der Waals surface area contributed by atoms with Crippen LogP contribution in [0.4, 0.5) is 0 Å². The topological polar surface area (TPSA) is 42.5 Å². The molecule has 0 saturated carbocycles. The Kier molecular flexibility index (Phi) is 6.28. The molecule has 0 aliphatic carbocycles. The van der Waals surface area contributed by atoms with Crippen molar-refractivity contribution in [2.75, 3.05) is 40.0 Å². The van der Waals surface area contributed by atoms with Gasteiger partial charge in [-0.25, -0.2) is 0 Å². The maximum absolute atomic E-state index is 5.73. The molecule has 96 valence electrons. The molecule has 1 aliphatic heterocycles. The Morgan fingerprint density at radius 1 is 1.50 bits per heavy atom. The van der Waals surface area contributed by atoms with E-state index in [1.807, 2.05) is 0 Å². The van der Waals surface area contributed by atoms with Gasteiger partial charge in [0.1, 0.15) is 0 Å². The Labute approximate surface area is 99.1 Å². The highest BCUT2D eigenvalue weighted by Gasteiger charge is 2.29. The highest BCUT2D eigenvalue weighted by atomic mass is 16.5. The van der Waals surface area contributed by atoms with E-state index in [1.165, 1.54) is 12.8 Å². The minimum absolute atomic E-state index is 0.0563. The van der Waals surface area contributed by atoms with Crippen LogP contribution in [0.15, 0.2) is 0 Å². The quantitative estimate of drug-likeness (QED) is 0.604. The summed E-state index contributed by atoms with van der Waals surface area (Å²) < 4.78 is 10.7. The molecule has 2 atom stereocenters. The first-order chi connectivity index (χ1) is 7.66. The second-order valence-electron chi connectivity index (χ2n) is 4.88. The van der Waals surface area contributed by atoms with Crippen LogP contribution in [0.5, 0.6) is 0 Å². The first-order valence-electron chi connectivity index (χ1n) is 6.23. The van der Waals surface area contributed by atoms with E-state index < -0.39 is 0 Å². The van der Waals surface area contributed by atoms with Crippen molar-refractivity contribution >= 4 is 0 Å². The first kappa shape index (κ1) is 13.9. The third-order valence-electron chi connectivity index (χ3n) is 3.06. The highest BCUT2D eigenvalue weighted by molar-refractivity contribution is 4.83. The molecule has 0 aromatic rings. The number of hydrogen-bond donors (Lipinski definition) is 2. The van der Waals surface area contributed by atoms with Gasteiger partial charge in [0, 0.05) is 39.4 Å². The number of rotatable bonds is 8. The van der Waals surface area contributed by atoms with Gasteiger partial charge < -0.3 is 20.1 Å². The maximum atomic E-state index is 5.73. The van der Waals surface area contributed by atoms with Crippen molar-refractivity contribution in [3.8, 4) is 0 Å². The minimum Gasteiger partial charge on any atom is -0.383 e. The predicted molar refractivity (Wildman–Crippen MR) is 65.8 cm³/mol. The van der Waals surface area contributed by atoms with E-state index in [2.05, 4.69) is 24.5 Å². The van der Waals surface area contributed by atoms with Crippen molar-refractivity contribution in [1.82, 2.24) is 10.6 Å². The monoisotopic (exact) mass is 230 g/mol. The van der Waals surface area contributed by atoms with Crippen molar-refractivity contribution in [3.05, 3.63) is 0 Å². The Morgan fingerprint density at radius 3 is 2.94 bits per heavy atom. The summed E-state index contributed by atoms with van der Waals surface area (Å²) in [6.45, 7) is 8.90. The van der Waals surface area contributed by atoms with Gasteiger partial charge in [-0.1, -0.05) is 0 Å². The number of hydrogen-bond acceptors (Lipinski definition) is 4. The van der Waals surface area contributed by atoms with Gasteiger partial charge in [-0.05, 0) is 26.7 Å². The largest absolute Gasteiger partial charge is 0.383 e. The molecule has 0 amide bonds. The molecule has 1 rings (SSSR count). The smallest absolute Gasteiger partial charge is 0.0779 e. The van der Waals surface area contributed by atoms with Crippen molar-refractivity contribution in [2.45, 2.75) is 38.3 Å². The van der Waals surface area contributed by atoms with Crippen molar-refractivity contribution < 1.29 is 9.47 Å². The fourth-order valence-corrected chi connectivity index (χ4v) is 1.93. The molecular weight excluding hydrogens is 204 g/mol. The van der Waals surface area contributed by atoms with Crippen LogP contribution in [0.2, 0.25) is 0 Å². The van der Waals surface area contributed by atoms with E-state index in [1.54, 1.807) is 7.11 Å². The molecule has 4 heteroatoms. The Morgan fingerprint density at radius 2 is 2.31 bits per heavy atom. The number of ether oxygens (including phenoxy) is 2. The lowest BCUT2D eigenvalue weighted by molar-refractivity contribution is 0.0191. The maximum Gasteiger partial charge on any atom is 0.0779 e. The van der Waals surface area contributed by atoms with Gasteiger partial charge in [-0.2, -0.15) is 0 Å². The lowest BCUT2D eigenvalue weighted by Gasteiger charge is -2.26. The zero-order valence-corrected chi connectivity index (χ0v) is 10.8. The van der Waals surface area contributed by atoms with E-state index in [9.17, 15) is 0 Å². The van der Waals surface area contributed by atoms with E-state index >= 15 is 0 Å². The summed E-state index contributed by atoms with van der Waals surface area (Å²) in [6.07, 6.45) is 2.36. The molecule has 2 unspecified atom stereocenters. The zero-order valence-electron chi connectivity index (χ0n) is 10.8. The molecule has 0 spiro atoms. The summed E-state index contributed by atoms with van der Waals surface area (Å²) in [7, 11) is 1.72. The second kappa shape index (κ2) is 7.22. The Hall–Kier alpha value is -0.160. The number of nitrogens with one attached hydrogen (secondary N) is 2. The number of methoxy groups -OCH3 is 1. The van der Waals surface area contributed by atoms with E-state index in [4.69, 9.17) is 9.47 Å². The van der Waals surface area contributed by atoms with Crippen LogP contribution in [-0.4, -0.2) is 51.6 Å². The molecular formula is C12H26N2O2. The molecule has 16 heavy (non-hydrogen) atoms. The van der Waals surface area contributed by atoms with Gasteiger partial charge >= 0.3 is 0 Å². The van der Waals surface area contributed by atoms with Crippen LogP contribution in [-0.2, 0) is 9.47 Å². The summed E-state index contributed by atoms with van der Waals surface area (Å²) in [5.74, 6) is 0. The highest BCUT2D eigenvalue weighted by Crippen LogP contribution is 2.23. The summed E-state index contributed by atoms with van der Waals surface area (Å²) in [4.78, 5) is 0. The average molecular weight is 230 g/mol. The predicted octanol–water partition coefficient (Wildman–Crippen LogP) is 0.770. The molecule has 0 bridgehead atoms. The van der Waals surface area contributed by atoms with E-state index in [0.29, 0.717) is 6.04 Å². The standard InChI is InChI=1S/C12H26N2O2/c1-11(9-13-6-8-15-3)14-10-12(2)5-4-7-16-12/h11,13-14H,4-10H2,1-3H3. The Balaban J connectivity index is 2.03. The molecule has 0 aromatic carbocycles. The van der Waals surface area contributed by atoms with Crippen molar-refractivity contribution in [2.24, 2.45) is 0 Å². The van der Waals surface area contributed by atoms with Crippen LogP contribution >= 0.6 is 0 Å². The van der Waals surface area contributed by atoms with E-state index in [-0.39, 0.29) is 5.60 Å². The summed E-state index contributed by atoms with van der Waals surface area (Å²) in [5, 5.41) is 6.86. The fourth-order valence-electron chi connectivity index (χ4n) is 1.93. The van der Waals surface area contributed by atoms with Crippen LogP contribution in [0.25, 0.3) is 0 Å². The van der Waals surface area contributed by atoms with Gasteiger partial charge in [0.15, 0.2) is 0 Å². The second-order valence-corrected chi connectivity index (χ2v) is 4.88. The van der Waals surface area contributed by atoms with Gasteiger partial charge in [0.05, 0.1) is 12.2 Å². The summed E-state index contributed by atoms with van der Waals surface area (Å²) in [5.41, 5.74) is 0.0563. The molecule has 2 N–H and O–H groups in total. The van der Waals surface area contributed by atoms with Gasteiger partial charge in [-0.15, -0.1) is 0 Å². The third-order valence-corrected chi connectivity index (χ3v) is 3.06. The lowest BCUT2D eigenvalue weighted by atomic mass is 10.0. The molecule has 1 saturated heterocycles. The molecule has 1 heterocycles. The fraction of sp³-hybridized carbons (Fsp3) is 1.00.